The molecule has 0 spiro atoms. The Bertz CT molecular complexity index is 2200. The van der Waals surface area contributed by atoms with Gasteiger partial charge in [-0.2, -0.15) is 0 Å². The Labute approximate surface area is 317 Å². The van der Waals surface area contributed by atoms with Crippen molar-refractivity contribution >= 4 is 7.32 Å². The second-order valence-corrected chi connectivity index (χ2v) is 12.1. The third-order valence-electron chi connectivity index (χ3n) is 8.59. The molecule has 6 aromatic rings. The van der Waals surface area contributed by atoms with Gasteiger partial charge in [0.05, 0.1) is 0 Å². The van der Waals surface area contributed by atoms with Crippen LogP contribution in [0.1, 0.15) is 33.4 Å². The summed E-state index contributed by atoms with van der Waals surface area (Å²) in [4.78, 5) is 0. The van der Waals surface area contributed by atoms with Crippen LogP contribution in [-0.2, 0) is 19.3 Å². The van der Waals surface area contributed by atoms with Crippen LogP contribution in [0.25, 0.3) is 0 Å². The molecule has 0 aromatic heterocycles. The first kappa shape index (κ1) is 41.4. The first-order valence-electron chi connectivity index (χ1n) is 16.3. The third kappa shape index (κ3) is 7.84. The summed E-state index contributed by atoms with van der Waals surface area (Å²) in [6.07, 6.45) is -3.08. The minimum Gasteiger partial charge on any atom is -0.489 e. The number of hydrogen-bond donors (Lipinski definition) is 0. The average molecular weight is 830 g/mol. The van der Waals surface area contributed by atoms with Crippen LogP contribution < -0.4 is 14.0 Å². The second-order valence-electron chi connectivity index (χ2n) is 12.1. The van der Waals surface area contributed by atoms with E-state index in [4.69, 9.17) is 14.0 Å². The summed E-state index contributed by atoms with van der Waals surface area (Å²) in [5.41, 5.74) is -4.75. The summed E-state index contributed by atoms with van der Waals surface area (Å²) in [6, 6.07) is 14.3. The number of halogens is 15. The minimum atomic E-state index is -2.43. The molecule has 0 radical (unpaired) electrons. The molecule has 0 N–H and O–H groups in total. The molecule has 19 heteroatoms. The third-order valence-corrected chi connectivity index (χ3v) is 8.59. The molecule has 0 amide bonds. The highest BCUT2D eigenvalue weighted by atomic mass is 19.2. The molecule has 0 fully saturated rings. The van der Waals surface area contributed by atoms with Gasteiger partial charge in [-0.1, -0.05) is 54.6 Å². The minimum absolute atomic E-state index is 0.285. The topological polar surface area (TPSA) is 27.7 Å². The SMILES string of the molecule is Fc1c(F)c(F)c(Cc2ccccc2OB(Oc2ccccc2Cc2c(F)c(F)c(F)c(F)c2F)Oc2ccccc2Cc2c(F)c(F)c(F)c(F)c2F)c(F)c1F. The summed E-state index contributed by atoms with van der Waals surface area (Å²) in [5, 5.41) is 0. The first-order chi connectivity index (χ1) is 27.5. The van der Waals surface area contributed by atoms with Gasteiger partial charge in [-0.15, -0.1) is 0 Å². The van der Waals surface area contributed by atoms with Crippen molar-refractivity contribution in [2.45, 2.75) is 19.3 Å². The van der Waals surface area contributed by atoms with Crippen LogP contribution >= 0.6 is 0 Å². The van der Waals surface area contributed by atoms with Gasteiger partial charge < -0.3 is 14.0 Å². The van der Waals surface area contributed by atoms with E-state index in [-0.39, 0.29) is 16.7 Å². The number of rotatable bonds is 12. The van der Waals surface area contributed by atoms with Gasteiger partial charge in [0.25, 0.3) is 0 Å². The molecule has 0 aliphatic carbocycles. The van der Waals surface area contributed by atoms with Crippen LogP contribution in [0.5, 0.6) is 17.2 Å². The van der Waals surface area contributed by atoms with Gasteiger partial charge in [0.15, 0.2) is 69.8 Å². The quantitative estimate of drug-likeness (QED) is 0.0532. The van der Waals surface area contributed by atoms with Crippen molar-refractivity contribution in [3.8, 4) is 17.2 Å². The van der Waals surface area contributed by atoms with E-state index in [0.29, 0.717) is 0 Å². The van der Waals surface area contributed by atoms with Crippen LogP contribution in [0.2, 0.25) is 0 Å². The van der Waals surface area contributed by atoms with E-state index in [1.807, 2.05) is 0 Å². The van der Waals surface area contributed by atoms with Crippen molar-refractivity contribution in [3.63, 3.8) is 0 Å². The van der Waals surface area contributed by atoms with Crippen molar-refractivity contribution in [1.29, 1.82) is 0 Å². The zero-order chi connectivity index (χ0) is 42.2. The van der Waals surface area contributed by atoms with Gasteiger partial charge in [0, 0.05) is 36.0 Å². The van der Waals surface area contributed by atoms with Gasteiger partial charge in [-0.25, -0.2) is 65.9 Å². The molecule has 300 valence electrons. The van der Waals surface area contributed by atoms with E-state index in [1.54, 1.807) is 0 Å². The molecule has 0 saturated carbocycles. The van der Waals surface area contributed by atoms with Crippen LogP contribution in [0.15, 0.2) is 72.8 Å². The molecule has 0 atom stereocenters. The molecular weight excluding hydrogens is 812 g/mol. The number of benzene rings is 6. The lowest BCUT2D eigenvalue weighted by Crippen LogP contribution is -2.38. The smallest absolute Gasteiger partial charge is 0.489 e. The van der Waals surface area contributed by atoms with Crippen molar-refractivity contribution in [1.82, 2.24) is 0 Å². The van der Waals surface area contributed by atoms with Crippen LogP contribution in [0.4, 0.5) is 65.9 Å². The lowest BCUT2D eigenvalue weighted by molar-refractivity contribution is 0.303. The standard InChI is InChI=1S/C39H18BF15O3/c41-25-19(26(42)32(48)37(53)31(25)47)13-16-7-1-4-10-22(16)56-40(57-23-11-5-2-8-17(23)14-20-27(43)33(49)38(54)34(50)28(20)44)58-24-12-6-3-9-18(24)15-21-29(45)35(51)39(55)36(52)30(21)46/h1-12H,13-15H2. The molecule has 0 heterocycles. The summed E-state index contributed by atoms with van der Waals surface area (Å²) in [7, 11) is -2.26. The molecule has 3 nitrogen and oxygen atoms in total. The maximum absolute atomic E-state index is 14.7. The van der Waals surface area contributed by atoms with Gasteiger partial charge >= 0.3 is 7.32 Å². The van der Waals surface area contributed by atoms with Crippen LogP contribution in [0.3, 0.4) is 0 Å². The molecule has 6 aromatic carbocycles. The van der Waals surface area contributed by atoms with E-state index >= 15 is 0 Å². The normalized spacial score (nSPS) is 11.2. The van der Waals surface area contributed by atoms with E-state index < -0.39 is 148 Å². The average Bonchev–Trinajstić information content (AvgIpc) is 3.22. The van der Waals surface area contributed by atoms with E-state index in [0.717, 1.165) is 36.4 Å². The van der Waals surface area contributed by atoms with E-state index in [9.17, 15) is 65.9 Å². The Morgan fingerprint density at radius 2 is 0.466 bits per heavy atom. The van der Waals surface area contributed by atoms with E-state index in [2.05, 4.69) is 0 Å². The van der Waals surface area contributed by atoms with Crippen LogP contribution in [0, 0.1) is 87.3 Å². The maximum atomic E-state index is 14.7. The van der Waals surface area contributed by atoms with Crippen molar-refractivity contribution in [2.75, 3.05) is 0 Å². The molecule has 0 unspecified atom stereocenters. The first-order valence-corrected chi connectivity index (χ1v) is 16.3. The van der Waals surface area contributed by atoms with Crippen molar-refractivity contribution < 1.29 is 79.8 Å². The monoisotopic (exact) mass is 830 g/mol. The fraction of sp³-hybridized carbons (Fsp3) is 0.0769. The highest BCUT2D eigenvalue weighted by Crippen LogP contribution is 2.34. The number of hydrogen-bond acceptors (Lipinski definition) is 3. The Kier molecular flexibility index (Phi) is 11.9. The highest BCUT2D eigenvalue weighted by molar-refractivity contribution is 6.39. The van der Waals surface area contributed by atoms with Gasteiger partial charge in [0.2, 0.25) is 17.5 Å². The Morgan fingerprint density at radius 1 is 0.276 bits per heavy atom. The maximum Gasteiger partial charge on any atom is 0.864 e. The Hall–Kier alpha value is -6.27. The molecule has 0 aliphatic heterocycles. The van der Waals surface area contributed by atoms with Crippen molar-refractivity contribution in [3.05, 3.63) is 193 Å². The fourth-order valence-electron chi connectivity index (χ4n) is 5.67. The fourth-order valence-corrected chi connectivity index (χ4v) is 5.67. The van der Waals surface area contributed by atoms with Gasteiger partial charge in [-0.05, 0) is 34.9 Å². The molecule has 0 saturated heterocycles. The lowest BCUT2D eigenvalue weighted by atomic mass is 10.00. The highest BCUT2D eigenvalue weighted by Gasteiger charge is 2.35. The zero-order valence-electron chi connectivity index (χ0n) is 28.5. The van der Waals surface area contributed by atoms with Crippen LogP contribution in [-0.4, -0.2) is 7.32 Å². The summed E-state index contributed by atoms with van der Waals surface area (Å²) in [5.74, 6) is -35.3. The molecule has 58 heavy (non-hydrogen) atoms. The second kappa shape index (κ2) is 16.7. The van der Waals surface area contributed by atoms with Gasteiger partial charge in [0.1, 0.15) is 17.2 Å². The predicted molar refractivity (Wildman–Crippen MR) is 174 cm³/mol. The van der Waals surface area contributed by atoms with Gasteiger partial charge in [-0.3, -0.25) is 0 Å². The summed E-state index contributed by atoms with van der Waals surface area (Å²) in [6.45, 7) is 0. The van der Waals surface area contributed by atoms with Crippen molar-refractivity contribution in [2.24, 2.45) is 0 Å². The molecule has 0 bridgehead atoms. The molecule has 6 rings (SSSR count). The summed E-state index contributed by atoms with van der Waals surface area (Å²) >= 11 is 0. The zero-order valence-corrected chi connectivity index (χ0v) is 28.5. The van der Waals surface area contributed by atoms with E-state index in [1.165, 1.54) is 36.4 Å². The largest absolute Gasteiger partial charge is 0.864 e. The molecular formula is C39H18BF15O3. The molecule has 0 aliphatic rings. The lowest BCUT2D eigenvalue weighted by Gasteiger charge is -2.21. The number of para-hydroxylation sites is 3. The Morgan fingerprint density at radius 3 is 0.690 bits per heavy atom. The Balaban J connectivity index is 1.43. The predicted octanol–water partition coefficient (Wildman–Crippen LogP) is 11.1. The summed E-state index contributed by atoms with van der Waals surface area (Å²) < 4.78 is 231.